The van der Waals surface area contributed by atoms with Gasteiger partial charge in [0.15, 0.2) is 0 Å². The van der Waals surface area contributed by atoms with Crippen molar-refractivity contribution in [2.24, 2.45) is 0 Å². The molecule has 3 aliphatic heterocycles. The lowest BCUT2D eigenvalue weighted by atomic mass is 9.87. The van der Waals surface area contributed by atoms with Crippen LogP contribution in [-0.2, 0) is 31.2 Å². The van der Waals surface area contributed by atoms with E-state index < -0.39 is 12.2 Å². The maximum absolute atomic E-state index is 14.7. The van der Waals surface area contributed by atoms with E-state index in [9.17, 15) is 9.59 Å². The Morgan fingerprint density at radius 2 is 0.641 bits per heavy atom. The van der Waals surface area contributed by atoms with Crippen LogP contribution in [0.4, 0.5) is 0 Å². The molecular formula is C66H78N2O6S4. The van der Waals surface area contributed by atoms with Crippen molar-refractivity contribution in [1.29, 1.82) is 0 Å². The van der Waals surface area contributed by atoms with Crippen molar-refractivity contribution < 1.29 is 28.5 Å². The van der Waals surface area contributed by atoms with Gasteiger partial charge in [0, 0.05) is 24.2 Å². The van der Waals surface area contributed by atoms with Crippen LogP contribution in [0, 0.1) is 0 Å². The number of benzene rings is 6. The van der Waals surface area contributed by atoms with Crippen LogP contribution < -0.4 is 29.6 Å². The Labute approximate surface area is 481 Å². The number of amides is 2. The molecule has 2 N–H and O–H groups in total. The third kappa shape index (κ3) is 13.7. The fraction of sp³-hybridized carbons (Fsp3) is 0.424. The molecule has 78 heavy (non-hydrogen) atoms. The molecule has 0 saturated carbocycles. The lowest BCUT2D eigenvalue weighted by molar-refractivity contribution is -0.129. The van der Waals surface area contributed by atoms with Crippen molar-refractivity contribution >= 4 is 58.9 Å². The maximum Gasteiger partial charge on any atom is 0.265 e. The summed E-state index contributed by atoms with van der Waals surface area (Å²) in [5.41, 5.74) is 4.96. The van der Waals surface area contributed by atoms with Crippen LogP contribution in [-0.4, -0.2) is 38.1 Å². The number of nitrogens with one attached hydrogen (secondary N) is 2. The summed E-state index contributed by atoms with van der Waals surface area (Å²) < 4.78 is 29.3. The normalized spacial score (nSPS) is 18.2. The van der Waals surface area contributed by atoms with Crippen LogP contribution in [0.15, 0.2) is 148 Å². The van der Waals surface area contributed by atoms with Crippen LogP contribution in [0.5, 0.6) is 23.0 Å². The monoisotopic (exact) mass is 1120 g/mol. The summed E-state index contributed by atoms with van der Waals surface area (Å²) in [7, 11) is 0. The van der Waals surface area contributed by atoms with Gasteiger partial charge >= 0.3 is 0 Å². The number of carbonyl (C=O) groups is 2. The molecule has 0 unspecified atom stereocenters. The van der Waals surface area contributed by atoms with Crippen LogP contribution in [0.3, 0.4) is 0 Å². The first-order valence-electron chi connectivity index (χ1n) is 27.7. The predicted molar refractivity (Wildman–Crippen MR) is 321 cm³/mol. The molecule has 0 radical (unpaired) electrons. The van der Waals surface area contributed by atoms with Gasteiger partial charge in [0.1, 0.15) is 23.0 Å². The second kappa shape index (κ2) is 23.9. The van der Waals surface area contributed by atoms with Crippen molar-refractivity contribution in [1.82, 2.24) is 10.6 Å². The molecule has 3 heterocycles. The summed E-state index contributed by atoms with van der Waals surface area (Å²) in [6.45, 7) is 29.0. The van der Waals surface area contributed by atoms with Gasteiger partial charge < -0.3 is 29.6 Å². The molecular weight excluding hydrogens is 1050 g/mol. The SMILES string of the molecule is CC(C)(C)c1cc2c3c(c1)Sc1cc(C(C)(C)C)cc4c1O[C@H](c1ccccc1)C(=O)NCCCCCOc1c(cc(C(C)(C)C)cc1S4)Sc1cc(C(C)(C)C)cc(c1O[C@@H](c1ccccc1)C(=O)NCCCCCO3)S2. The van der Waals surface area contributed by atoms with Crippen molar-refractivity contribution in [3.8, 4) is 23.0 Å². The molecule has 412 valence electrons. The molecule has 9 rings (SSSR count). The van der Waals surface area contributed by atoms with Gasteiger partial charge in [-0.25, -0.2) is 0 Å². The summed E-state index contributed by atoms with van der Waals surface area (Å²) in [6, 6.07) is 38.0. The van der Waals surface area contributed by atoms with E-state index in [1.165, 1.54) is 0 Å². The van der Waals surface area contributed by atoms with E-state index in [0.29, 0.717) is 37.8 Å². The molecule has 0 aromatic heterocycles. The van der Waals surface area contributed by atoms with Gasteiger partial charge in [-0.1, -0.05) is 191 Å². The summed E-state index contributed by atoms with van der Waals surface area (Å²) in [4.78, 5) is 36.7. The maximum atomic E-state index is 14.7. The lowest BCUT2D eigenvalue weighted by Crippen LogP contribution is -2.33. The largest absolute Gasteiger partial charge is 0.491 e. The standard InChI is InChI=1S/C66H78N2O6S4/c1-63(2,3)43-33-47-57-49(35-43)77-53-39-46(66(10,11)12)38-52-60(53)74-56(42-27-19-14-20-28-42)62(70)68-30-22-16-24-32-72-58-48(76-52)34-44(64(4,5)6)36-50(58)78-54-40-45(65(7,8)9)37-51(75-47)59(54)73-55(41-25-17-13-18-26-41)61(69)67-29-21-15-23-31-71-57/h13-14,17-20,25-28,33-40,55-56H,15-16,21-24,29-32H2,1-12H3,(H,67,69)(H,68,70)/t55-,56+. The van der Waals surface area contributed by atoms with Crippen LogP contribution in [0.2, 0.25) is 0 Å². The Kier molecular flexibility index (Phi) is 17.6. The molecule has 12 bridgehead atoms. The number of carbonyl (C=O) groups excluding carboxylic acids is 2. The zero-order valence-corrected chi connectivity index (χ0v) is 51.0. The van der Waals surface area contributed by atoms with Gasteiger partial charge in [-0.15, -0.1) is 0 Å². The first-order chi connectivity index (χ1) is 37.0. The fourth-order valence-electron chi connectivity index (χ4n) is 9.44. The lowest BCUT2D eigenvalue weighted by Gasteiger charge is -2.29. The zero-order valence-electron chi connectivity index (χ0n) is 47.7. The highest BCUT2D eigenvalue weighted by molar-refractivity contribution is 8.01. The third-order valence-electron chi connectivity index (χ3n) is 14.3. The fourth-order valence-corrected chi connectivity index (χ4v) is 14.2. The average Bonchev–Trinajstić information content (AvgIpc) is 3.50. The Hall–Kier alpha value is -5.14. The molecule has 3 aliphatic rings. The highest BCUT2D eigenvalue weighted by atomic mass is 32.2. The van der Waals surface area contributed by atoms with E-state index in [2.05, 4.69) is 142 Å². The number of rotatable bonds is 2. The predicted octanol–water partition coefficient (Wildman–Crippen LogP) is 17.4. The second-order valence-electron chi connectivity index (χ2n) is 24.8. The van der Waals surface area contributed by atoms with E-state index in [1.807, 2.05) is 60.7 Å². The molecule has 0 spiro atoms. The van der Waals surface area contributed by atoms with Crippen LogP contribution in [0.25, 0.3) is 0 Å². The van der Waals surface area contributed by atoms with Crippen molar-refractivity contribution in [2.75, 3.05) is 26.3 Å². The molecule has 0 fully saturated rings. The average molecular weight is 1120 g/mol. The molecule has 12 heteroatoms. The van der Waals surface area contributed by atoms with Crippen molar-refractivity contribution in [3.05, 3.63) is 143 Å². The molecule has 8 nitrogen and oxygen atoms in total. The number of hydrogen-bond donors (Lipinski definition) is 2. The molecule has 2 amide bonds. The number of hydrogen-bond acceptors (Lipinski definition) is 10. The Balaban J connectivity index is 1.44. The Bertz CT molecular complexity index is 2920. The van der Waals surface area contributed by atoms with Crippen molar-refractivity contribution in [3.63, 3.8) is 0 Å². The first kappa shape index (κ1) is 57.5. The summed E-state index contributed by atoms with van der Waals surface area (Å²) in [5.74, 6) is 2.40. The van der Waals surface area contributed by atoms with Gasteiger partial charge in [0.2, 0.25) is 12.2 Å². The first-order valence-corrected chi connectivity index (χ1v) is 31.0. The summed E-state index contributed by atoms with van der Waals surface area (Å²) in [6.07, 6.45) is 2.95. The van der Waals surface area contributed by atoms with Crippen LogP contribution >= 0.6 is 47.0 Å². The molecule has 2 atom stereocenters. The highest BCUT2D eigenvalue weighted by Gasteiger charge is 2.34. The quantitative estimate of drug-likeness (QED) is 0.174. The molecule has 0 saturated heterocycles. The van der Waals surface area contributed by atoms with Gasteiger partial charge in [-0.2, -0.15) is 0 Å². The van der Waals surface area contributed by atoms with Gasteiger partial charge in [-0.3, -0.25) is 9.59 Å². The number of ether oxygens (including phenoxy) is 4. The minimum Gasteiger partial charge on any atom is -0.491 e. The molecule has 6 aromatic carbocycles. The molecule has 6 aromatic rings. The zero-order chi connectivity index (χ0) is 55.6. The molecule has 0 aliphatic carbocycles. The van der Waals surface area contributed by atoms with E-state index in [0.717, 1.165) is 123 Å². The Morgan fingerprint density at radius 1 is 0.372 bits per heavy atom. The van der Waals surface area contributed by atoms with Gasteiger partial charge in [0.25, 0.3) is 11.8 Å². The summed E-state index contributed by atoms with van der Waals surface area (Å²) >= 11 is 6.52. The van der Waals surface area contributed by atoms with Crippen LogP contribution in [0.1, 0.15) is 167 Å². The topological polar surface area (TPSA) is 95.1 Å². The van der Waals surface area contributed by atoms with E-state index in [-0.39, 0.29) is 33.5 Å². The minimum absolute atomic E-state index is 0.183. The second-order valence-corrected chi connectivity index (χ2v) is 29.2. The van der Waals surface area contributed by atoms with E-state index >= 15 is 0 Å². The van der Waals surface area contributed by atoms with Gasteiger partial charge in [-0.05, 0) is 131 Å². The smallest absolute Gasteiger partial charge is 0.265 e. The van der Waals surface area contributed by atoms with Crippen molar-refractivity contribution in [2.45, 2.75) is 195 Å². The summed E-state index contributed by atoms with van der Waals surface area (Å²) in [5, 5.41) is 6.54. The van der Waals surface area contributed by atoms with E-state index in [1.54, 1.807) is 47.0 Å². The Morgan fingerprint density at radius 3 is 0.910 bits per heavy atom. The van der Waals surface area contributed by atoms with E-state index in [4.69, 9.17) is 18.9 Å². The minimum atomic E-state index is -0.948. The third-order valence-corrected chi connectivity index (χ3v) is 18.5. The highest BCUT2D eigenvalue weighted by Crippen LogP contribution is 2.57. The van der Waals surface area contributed by atoms with Gasteiger partial charge in [0.05, 0.1) is 52.4 Å².